The number of esters is 3. The predicted molar refractivity (Wildman–Crippen MR) is 127 cm³/mol. The third-order valence-electron chi connectivity index (χ3n) is 7.45. The SMILES string of the molecule is CC(=O)OC[C@]12O[C@H]1[C@@H](OC(=O)c1ccc(OC(C)=O)cc1)[C@@H]1C=CO[C@H](O[C@H]3O[C@H](CO)[C@@H](O)[C@H](O)[C@H]3O)[C@H]12. The van der Waals surface area contributed by atoms with Gasteiger partial charge < -0.3 is 53.6 Å². The van der Waals surface area contributed by atoms with Gasteiger partial charge in [-0.25, -0.2) is 4.79 Å². The van der Waals surface area contributed by atoms with Crippen molar-refractivity contribution in [2.45, 2.75) is 68.7 Å². The Hall–Kier alpha value is -3.11. The van der Waals surface area contributed by atoms with Crippen LogP contribution in [0.5, 0.6) is 5.75 Å². The Labute approximate surface area is 227 Å². The molecule has 218 valence electrons. The first-order chi connectivity index (χ1) is 19.1. The van der Waals surface area contributed by atoms with E-state index in [9.17, 15) is 34.8 Å². The lowest BCUT2D eigenvalue weighted by Gasteiger charge is -2.43. The van der Waals surface area contributed by atoms with Crippen molar-refractivity contribution in [3.63, 3.8) is 0 Å². The van der Waals surface area contributed by atoms with E-state index in [-0.39, 0.29) is 17.9 Å². The molecular weight excluding hydrogens is 536 g/mol. The molecule has 14 nitrogen and oxygen atoms in total. The predicted octanol–water partition coefficient (Wildman–Crippen LogP) is -1.23. The minimum absolute atomic E-state index is 0.191. The third kappa shape index (κ3) is 5.19. The fourth-order valence-electron chi connectivity index (χ4n) is 5.50. The molecule has 1 aliphatic carbocycles. The van der Waals surface area contributed by atoms with E-state index in [4.69, 9.17) is 33.2 Å². The Bertz CT molecular complexity index is 1150. The van der Waals surface area contributed by atoms with E-state index in [0.717, 1.165) is 0 Å². The first-order valence-corrected chi connectivity index (χ1v) is 12.6. The molecule has 0 aromatic heterocycles. The second kappa shape index (κ2) is 11.0. The molecule has 3 heterocycles. The first kappa shape index (κ1) is 28.4. The number of benzene rings is 1. The number of hydrogen-bond acceptors (Lipinski definition) is 14. The van der Waals surface area contributed by atoms with Crippen LogP contribution in [-0.4, -0.2) is 106 Å². The van der Waals surface area contributed by atoms with E-state index in [1.807, 2.05) is 0 Å². The van der Waals surface area contributed by atoms with Crippen molar-refractivity contribution in [1.29, 1.82) is 0 Å². The minimum Gasteiger partial charge on any atom is -0.472 e. The van der Waals surface area contributed by atoms with Gasteiger partial charge in [-0.05, 0) is 30.3 Å². The molecule has 11 atom stereocenters. The Kier molecular flexibility index (Phi) is 7.85. The molecule has 1 aromatic rings. The average Bonchev–Trinajstić information content (AvgIpc) is 3.59. The molecule has 3 fully saturated rings. The Morgan fingerprint density at radius 2 is 1.70 bits per heavy atom. The van der Waals surface area contributed by atoms with Crippen molar-refractivity contribution in [1.82, 2.24) is 0 Å². The largest absolute Gasteiger partial charge is 0.472 e. The number of carbonyl (C=O) groups is 3. The van der Waals surface area contributed by atoms with Crippen LogP contribution in [0.2, 0.25) is 0 Å². The number of hydrogen-bond donors (Lipinski definition) is 4. The number of fused-ring (bicyclic) bond motifs is 3. The maximum atomic E-state index is 13.0. The zero-order chi connectivity index (χ0) is 28.8. The van der Waals surface area contributed by atoms with Crippen LogP contribution in [-0.2, 0) is 38.0 Å². The second-order valence-electron chi connectivity index (χ2n) is 10.0. The summed E-state index contributed by atoms with van der Waals surface area (Å²) in [6.45, 7) is 1.64. The average molecular weight is 567 g/mol. The Morgan fingerprint density at radius 1 is 0.975 bits per heavy atom. The van der Waals surface area contributed by atoms with Gasteiger partial charge in [-0.3, -0.25) is 9.59 Å². The van der Waals surface area contributed by atoms with Crippen LogP contribution in [0, 0.1) is 11.8 Å². The van der Waals surface area contributed by atoms with Gasteiger partial charge in [0.2, 0.25) is 6.29 Å². The summed E-state index contributed by atoms with van der Waals surface area (Å²) < 4.78 is 39.1. The summed E-state index contributed by atoms with van der Waals surface area (Å²) in [6.07, 6.45) is -7.39. The summed E-state index contributed by atoms with van der Waals surface area (Å²) >= 11 is 0. The van der Waals surface area contributed by atoms with Gasteiger partial charge in [-0.2, -0.15) is 0 Å². The number of rotatable bonds is 8. The summed E-state index contributed by atoms with van der Waals surface area (Å²) in [5, 5.41) is 40.2. The highest BCUT2D eigenvalue weighted by Crippen LogP contribution is 2.61. The summed E-state index contributed by atoms with van der Waals surface area (Å²) in [5.41, 5.74) is -0.972. The standard InChI is InChI=1S/C26H30O14/c1-11(28)35-10-26-17-15(7-8-34-24(17)39-25-20(32)19(31)18(30)16(9-27)37-25)21(22(26)40-26)38-23(33)13-3-5-14(6-4-13)36-12(2)29/h3-8,15-22,24-25,27,30-32H,9-10H2,1-2H3/t15-,16-,17+,18-,19+,20-,21+,22+,24-,25-,26-/m1/s1. The maximum Gasteiger partial charge on any atom is 0.338 e. The number of epoxide rings is 1. The van der Waals surface area contributed by atoms with Gasteiger partial charge in [0.15, 0.2) is 6.29 Å². The summed E-state index contributed by atoms with van der Waals surface area (Å²) in [4.78, 5) is 35.8. The number of aliphatic hydroxyl groups excluding tert-OH is 4. The molecule has 0 unspecified atom stereocenters. The summed E-state index contributed by atoms with van der Waals surface area (Å²) in [6, 6.07) is 5.79. The maximum absolute atomic E-state index is 13.0. The molecule has 0 spiro atoms. The topological polar surface area (TPSA) is 200 Å². The van der Waals surface area contributed by atoms with Gasteiger partial charge in [-0.15, -0.1) is 0 Å². The summed E-state index contributed by atoms with van der Waals surface area (Å²) in [7, 11) is 0. The Balaban J connectivity index is 1.36. The smallest absolute Gasteiger partial charge is 0.338 e. The molecule has 4 N–H and O–H groups in total. The monoisotopic (exact) mass is 566 g/mol. The molecule has 0 bridgehead atoms. The molecule has 0 radical (unpaired) electrons. The third-order valence-corrected chi connectivity index (χ3v) is 7.45. The van der Waals surface area contributed by atoms with Crippen LogP contribution in [0.3, 0.4) is 0 Å². The van der Waals surface area contributed by atoms with E-state index < -0.39 is 91.2 Å². The van der Waals surface area contributed by atoms with E-state index in [0.29, 0.717) is 0 Å². The van der Waals surface area contributed by atoms with Crippen LogP contribution in [0.15, 0.2) is 36.6 Å². The molecule has 1 aromatic carbocycles. The van der Waals surface area contributed by atoms with Crippen molar-refractivity contribution in [2.24, 2.45) is 11.8 Å². The van der Waals surface area contributed by atoms with E-state index in [1.54, 1.807) is 6.08 Å². The second-order valence-corrected chi connectivity index (χ2v) is 10.0. The normalized spacial score (nSPS) is 39.4. The zero-order valence-corrected chi connectivity index (χ0v) is 21.5. The molecule has 5 rings (SSSR count). The molecule has 2 saturated heterocycles. The summed E-state index contributed by atoms with van der Waals surface area (Å²) in [5.74, 6) is -2.75. The zero-order valence-electron chi connectivity index (χ0n) is 21.5. The highest BCUT2D eigenvalue weighted by atomic mass is 16.8. The van der Waals surface area contributed by atoms with Gasteiger partial charge in [0.25, 0.3) is 0 Å². The van der Waals surface area contributed by atoms with Crippen molar-refractivity contribution < 1.29 is 68.0 Å². The molecule has 3 aliphatic heterocycles. The van der Waals surface area contributed by atoms with Crippen LogP contribution in [0.1, 0.15) is 24.2 Å². The van der Waals surface area contributed by atoms with Crippen LogP contribution in [0.25, 0.3) is 0 Å². The molecular formula is C26H30O14. The minimum atomic E-state index is -1.68. The van der Waals surface area contributed by atoms with Crippen LogP contribution < -0.4 is 4.74 Å². The Morgan fingerprint density at radius 3 is 2.35 bits per heavy atom. The van der Waals surface area contributed by atoms with Gasteiger partial charge in [0.05, 0.1) is 24.4 Å². The molecule has 1 saturated carbocycles. The van der Waals surface area contributed by atoms with Gasteiger partial charge in [0, 0.05) is 19.8 Å². The first-order valence-electron chi connectivity index (χ1n) is 12.6. The lowest BCUT2D eigenvalue weighted by atomic mass is 9.85. The lowest BCUT2D eigenvalue weighted by Crippen LogP contribution is -2.60. The van der Waals surface area contributed by atoms with Gasteiger partial charge >= 0.3 is 17.9 Å². The number of aliphatic hydroxyl groups is 4. The van der Waals surface area contributed by atoms with E-state index >= 15 is 0 Å². The van der Waals surface area contributed by atoms with Gasteiger partial charge in [-0.1, -0.05) is 0 Å². The van der Waals surface area contributed by atoms with Crippen molar-refractivity contribution in [2.75, 3.05) is 13.2 Å². The molecule has 14 heteroatoms. The van der Waals surface area contributed by atoms with E-state index in [1.165, 1.54) is 44.4 Å². The molecule has 4 aliphatic rings. The van der Waals surface area contributed by atoms with Crippen LogP contribution >= 0.6 is 0 Å². The molecule has 0 amide bonds. The number of ether oxygens (including phenoxy) is 7. The highest BCUT2D eigenvalue weighted by molar-refractivity contribution is 5.89. The van der Waals surface area contributed by atoms with Crippen molar-refractivity contribution in [3.05, 3.63) is 42.2 Å². The van der Waals surface area contributed by atoms with Crippen molar-refractivity contribution in [3.8, 4) is 5.75 Å². The fourth-order valence-corrected chi connectivity index (χ4v) is 5.50. The molecule has 40 heavy (non-hydrogen) atoms. The number of carbonyl (C=O) groups excluding carboxylic acids is 3. The highest BCUT2D eigenvalue weighted by Gasteiger charge is 2.78. The van der Waals surface area contributed by atoms with E-state index in [2.05, 4.69) is 0 Å². The van der Waals surface area contributed by atoms with Crippen molar-refractivity contribution >= 4 is 17.9 Å². The fraction of sp³-hybridized carbons (Fsp3) is 0.577. The van der Waals surface area contributed by atoms with Crippen LogP contribution in [0.4, 0.5) is 0 Å². The van der Waals surface area contributed by atoms with Gasteiger partial charge in [0.1, 0.15) is 54.6 Å². The quantitative estimate of drug-likeness (QED) is 0.166. The lowest BCUT2D eigenvalue weighted by molar-refractivity contribution is -0.344.